The minimum Gasteiger partial charge on any atom is -0.496 e. The Morgan fingerprint density at radius 3 is 1.83 bits per heavy atom. The Hall–Kier alpha value is -4.48. The number of rotatable bonds is 10. The van der Waals surface area contributed by atoms with Gasteiger partial charge in [-0.3, -0.25) is 14.5 Å². The maximum absolute atomic E-state index is 15.1. The molecule has 11 heteroatoms. The van der Waals surface area contributed by atoms with E-state index in [9.17, 15) is 4.79 Å². The lowest BCUT2D eigenvalue weighted by Crippen LogP contribution is -2.68. The van der Waals surface area contributed by atoms with Crippen LogP contribution in [-0.2, 0) is 22.6 Å². The summed E-state index contributed by atoms with van der Waals surface area (Å²) in [6, 6.07) is 6.96. The van der Waals surface area contributed by atoms with E-state index < -0.39 is 24.2 Å². The maximum atomic E-state index is 15.1. The maximum Gasteiger partial charge on any atom is 0.241 e. The molecular weight excluding hydrogens is 604 g/mol. The van der Waals surface area contributed by atoms with Crippen molar-refractivity contribution in [3.63, 3.8) is 0 Å². The molecule has 0 radical (unpaired) electrons. The van der Waals surface area contributed by atoms with Gasteiger partial charge < -0.3 is 38.1 Å². The minimum absolute atomic E-state index is 0.0941. The van der Waals surface area contributed by atoms with Gasteiger partial charge >= 0.3 is 0 Å². The molecule has 3 aromatic carbocycles. The zero-order valence-electron chi connectivity index (χ0n) is 28.4. The first-order chi connectivity index (χ1) is 22.7. The number of benzene rings is 3. The number of hydrogen-bond donors (Lipinski definition) is 0. The molecule has 4 atom stereocenters. The molecule has 1 fully saturated rings. The number of carbonyl (C=O) groups excluding carboxylic acids is 2. The Morgan fingerprint density at radius 1 is 0.702 bits per heavy atom. The summed E-state index contributed by atoms with van der Waals surface area (Å²) in [5.74, 6) is 2.35. The standard InChI is InChI=1S/C36H42N2O9/c1-18-30(41-4)21-15-22-36(40)38-23(17-47-16-20-13-11-10-12-14-20)25-26(31(42-5)19(2)33(44-7)35(25)46-9)29(39)28(38)27(37(22)3)24(21)34(45-8)32(18)43-6/h10-14,22-23,27-28H,15-17H2,1-9H3/t22-,23-,27-,28+/m0/s1. The second-order valence-electron chi connectivity index (χ2n) is 12.0. The molecule has 0 aliphatic carbocycles. The third-order valence-electron chi connectivity index (χ3n) is 9.92. The van der Waals surface area contributed by atoms with Crippen molar-refractivity contribution in [1.29, 1.82) is 0 Å². The molecule has 3 heterocycles. The molecule has 0 spiro atoms. The molecular formula is C36H42N2O9. The zero-order valence-corrected chi connectivity index (χ0v) is 28.4. The zero-order chi connectivity index (χ0) is 33.7. The van der Waals surface area contributed by atoms with Crippen LogP contribution in [0, 0.1) is 13.8 Å². The first-order valence-corrected chi connectivity index (χ1v) is 15.5. The van der Waals surface area contributed by atoms with Gasteiger partial charge in [0.25, 0.3) is 0 Å². The van der Waals surface area contributed by atoms with Crippen molar-refractivity contribution in [2.45, 2.75) is 51.0 Å². The number of likely N-dealkylation sites (N-methyl/N-ethyl adjacent to an activating group) is 1. The molecule has 0 unspecified atom stereocenters. The number of Topliss-reactive ketones (excluding diaryl/α,β-unsaturated/α-hetero) is 1. The first kappa shape index (κ1) is 32.5. The first-order valence-electron chi connectivity index (χ1n) is 15.5. The number of methoxy groups -OCH3 is 6. The van der Waals surface area contributed by atoms with E-state index in [2.05, 4.69) is 0 Å². The van der Waals surface area contributed by atoms with E-state index in [-0.39, 0.29) is 18.3 Å². The number of fused-ring (bicyclic) bond motifs is 7. The second kappa shape index (κ2) is 12.6. The molecule has 250 valence electrons. The van der Waals surface area contributed by atoms with Crippen LogP contribution in [0.2, 0.25) is 0 Å². The Bertz CT molecular complexity index is 1720. The highest BCUT2D eigenvalue weighted by Gasteiger charge is 2.59. The van der Waals surface area contributed by atoms with Crippen molar-refractivity contribution < 1.29 is 42.7 Å². The van der Waals surface area contributed by atoms with Gasteiger partial charge in [-0.1, -0.05) is 30.3 Å². The third-order valence-corrected chi connectivity index (χ3v) is 9.92. The summed E-state index contributed by atoms with van der Waals surface area (Å²) >= 11 is 0. The number of piperazine rings is 1. The number of hydrogen-bond acceptors (Lipinski definition) is 10. The topological polar surface area (TPSA) is 105 Å². The number of ketones is 1. The van der Waals surface area contributed by atoms with Crippen LogP contribution in [0.15, 0.2) is 30.3 Å². The summed E-state index contributed by atoms with van der Waals surface area (Å²) in [4.78, 5) is 33.6. The van der Waals surface area contributed by atoms with Crippen LogP contribution in [-0.4, -0.2) is 89.9 Å². The summed E-state index contributed by atoms with van der Waals surface area (Å²) in [7, 11) is 11.3. The van der Waals surface area contributed by atoms with Gasteiger partial charge in [-0.25, -0.2) is 0 Å². The number of amides is 1. The Labute approximate surface area is 275 Å². The number of carbonyl (C=O) groups is 2. The second-order valence-corrected chi connectivity index (χ2v) is 12.0. The Morgan fingerprint density at radius 2 is 1.26 bits per heavy atom. The van der Waals surface area contributed by atoms with Crippen molar-refractivity contribution >= 4 is 11.7 Å². The fraction of sp³-hybridized carbons (Fsp3) is 0.444. The SMILES string of the molecule is COc1c(C)c(OC)c(OC)c2c1C[C@H]1C(=O)N3[C@@H](COCc4ccccc4)c4c(OC)c(OC)c(C)c(OC)c4C(=O)[C@H]3[C@H]2N1C. The molecule has 47 heavy (non-hydrogen) atoms. The van der Waals surface area contributed by atoms with E-state index in [1.165, 1.54) is 14.2 Å². The smallest absolute Gasteiger partial charge is 0.241 e. The lowest BCUT2D eigenvalue weighted by atomic mass is 9.72. The highest BCUT2D eigenvalue weighted by Crippen LogP contribution is 2.58. The molecule has 0 saturated carbocycles. The molecule has 2 bridgehead atoms. The molecule has 11 nitrogen and oxygen atoms in total. The minimum atomic E-state index is -0.960. The largest absolute Gasteiger partial charge is 0.496 e. The van der Waals surface area contributed by atoms with Crippen molar-refractivity contribution in [3.05, 3.63) is 69.3 Å². The van der Waals surface area contributed by atoms with Crippen molar-refractivity contribution in [2.75, 3.05) is 56.3 Å². The molecule has 3 aliphatic heterocycles. The van der Waals surface area contributed by atoms with Crippen LogP contribution >= 0.6 is 0 Å². The fourth-order valence-corrected chi connectivity index (χ4v) is 7.98. The van der Waals surface area contributed by atoms with Gasteiger partial charge in [-0.2, -0.15) is 0 Å². The Balaban J connectivity index is 1.62. The lowest BCUT2D eigenvalue weighted by molar-refractivity contribution is -0.156. The predicted molar refractivity (Wildman–Crippen MR) is 173 cm³/mol. The van der Waals surface area contributed by atoms with Crippen molar-refractivity contribution in [2.24, 2.45) is 0 Å². The predicted octanol–water partition coefficient (Wildman–Crippen LogP) is 4.62. The van der Waals surface area contributed by atoms with Crippen molar-refractivity contribution in [3.8, 4) is 34.5 Å². The normalized spacial score (nSPS) is 21.4. The van der Waals surface area contributed by atoms with E-state index in [1.54, 1.807) is 33.3 Å². The number of ether oxygens (including phenoxy) is 7. The lowest BCUT2D eigenvalue weighted by Gasteiger charge is -2.56. The van der Waals surface area contributed by atoms with E-state index in [0.717, 1.165) is 22.3 Å². The number of nitrogens with zero attached hydrogens (tertiary/aromatic N) is 2. The van der Waals surface area contributed by atoms with E-state index in [0.29, 0.717) is 64.2 Å². The molecule has 0 aromatic heterocycles. The highest BCUT2D eigenvalue weighted by molar-refractivity contribution is 6.10. The molecule has 3 aromatic rings. The van der Waals surface area contributed by atoms with E-state index in [4.69, 9.17) is 33.2 Å². The summed E-state index contributed by atoms with van der Waals surface area (Å²) in [6.07, 6.45) is 0.352. The monoisotopic (exact) mass is 646 g/mol. The highest BCUT2D eigenvalue weighted by atomic mass is 16.5. The Kier molecular flexibility index (Phi) is 8.71. The summed E-state index contributed by atoms with van der Waals surface area (Å²) in [5, 5.41) is 0. The average molecular weight is 647 g/mol. The van der Waals surface area contributed by atoms with Crippen LogP contribution in [0.1, 0.15) is 55.8 Å². The van der Waals surface area contributed by atoms with E-state index in [1.807, 2.05) is 56.1 Å². The van der Waals surface area contributed by atoms with Gasteiger partial charge in [-0.05, 0) is 26.5 Å². The summed E-state index contributed by atoms with van der Waals surface area (Å²) in [6.45, 7) is 4.13. The van der Waals surface area contributed by atoms with E-state index >= 15 is 4.79 Å². The average Bonchev–Trinajstić information content (AvgIpc) is 3.07. The molecule has 3 aliphatic rings. The molecule has 6 rings (SSSR count). The van der Waals surface area contributed by atoms with Crippen LogP contribution in [0.4, 0.5) is 0 Å². The molecule has 1 saturated heterocycles. The van der Waals surface area contributed by atoms with Crippen LogP contribution in [0.3, 0.4) is 0 Å². The van der Waals surface area contributed by atoms with Crippen LogP contribution < -0.4 is 28.4 Å². The fourth-order valence-electron chi connectivity index (χ4n) is 7.98. The molecule has 0 N–H and O–H groups in total. The third kappa shape index (κ3) is 4.70. The van der Waals surface area contributed by atoms with Gasteiger partial charge in [0.2, 0.25) is 5.91 Å². The van der Waals surface area contributed by atoms with Gasteiger partial charge in [0.15, 0.2) is 28.8 Å². The van der Waals surface area contributed by atoms with Crippen LogP contribution in [0.25, 0.3) is 0 Å². The summed E-state index contributed by atoms with van der Waals surface area (Å²) < 4.78 is 41.9. The van der Waals surface area contributed by atoms with Crippen molar-refractivity contribution in [1.82, 2.24) is 9.80 Å². The van der Waals surface area contributed by atoms with Gasteiger partial charge in [0.1, 0.15) is 17.5 Å². The van der Waals surface area contributed by atoms with Crippen LogP contribution in [0.5, 0.6) is 34.5 Å². The quantitative estimate of drug-likeness (QED) is 0.310. The van der Waals surface area contributed by atoms with Gasteiger partial charge in [0, 0.05) is 34.2 Å². The van der Waals surface area contributed by atoms with Gasteiger partial charge in [0.05, 0.1) is 79.6 Å². The van der Waals surface area contributed by atoms with Gasteiger partial charge in [-0.15, -0.1) is 0 Å². The molecule has 1 amide bonds. The summed E-state index contributed by atoms with van der Waals surface area (Å²) in [5.41, 5.74) is 4.79.